The van der Waals surface area contributed by atoms with Gasteiger partial charge in [-0.3, -0.25) is 9.59 Å². The molecule has 3 heterocycles. The Morgan fingerprint density at radius 1 is 1.29 bits per heavy atom. The van der Waals surface area contributed by atoms with Crippen LogP contribution in [0.15, 0.2) is 47.5 Å². The summed E-state index contributed by atoms with van der Waals surface area (Å²) in [4.78, 5) is 33.6. The van der Waals surface area contributed by atoms with Crippen LogP contribution in [0.25, 0.3) is 11.1 Å². The summed E-state index contributed by atoms with van der Waals surface area (Å²) in [6.45, 7) is 6.18. The molecule has 4 N–H and O–H groups in total. The molecule has 1 fully saturated rings. The lowest BCUT2D eigenvalue weighted by Crippen LogP contribution is -2.42. The van der Waals surface area contributed by atoms with Crippen LogP contribution in [0.2, 0.25) is 0 Å². The molecule has 166 valence electrons. The molecule has 0 radical (unpaired) electrons. The van der Waals surface area contributed by atoms with Crippen molar-refractivity contribution < 1.29 is 4.79 Å². The SMILES string of the molecule is CNc1cc(-c2c[nH]c(=O)c(NC3CCN(C(=O)/C=C/CNC(C)C)CC3)c2)ccn1. The quantitative estimate of drug-likeness (QED) is 0.486. The van der Waals surface area contributed by atoms with Crippen LogP contribution >= 0.6 is 0 Å². The predicted octanol–water partition coefficient (Wildman–Crippen LogP) is 2.44. The third-order valence-electron chi connectivity index (χ3n) is 5.32. The van der Waals surface area contributed by atoms with Crippen molar-refractivity contribution in [3.63, 3.8) is 0 Å². The molecule has 1 aliphatic heterocycles. The number of nitrogens with one attached hydrogen (secondary N) is 4. The van der Waals surface area contributed by atoms with E-state index in [9.17, 15) is 9.59 Å². The Balaban J connectivity index is 1.58. The van der Waals surface area contributed by atoms with Gasteiger partial charge in [0.1, 0.15) is 11.5 Å². The number of carbonyl (C=O) groups is 1. The number of anilines is 2. The fraction of sp³-hybridized carbons (Fsp3) is 0.435. The van der Waals surface area contributed by atoms with Gasteiger partial charge in [-0.15, -0.1) is 0 Å². The smallest absolute Gasteiger partial charge is 0.271 e. The zero-order valence-corrected chi connectivity index (χ0v) is 18.4. The largest absolute Gasteiger partial charge is 0.378 e. The van der Waals surface area contributed by atoms with Gasteiger partial charge in [0.2, 0.25) is 5.91 Å². The van der Waals surface area contributed by atoms with Crippen molar-refractivity contribution in [2.45, 2.75) is 38.8 Å². The molecule has 2 aromatic heterocycles. The van der Waals surface area contributed by atoms with Crippen molar-refractivity contribution in [2.24, 2.45) is 0 Å². The standard InChI is InChI=1S/C23H32N6O2/c1-16(2)25-9-4-5-22(30)29-11-7-19(8-12-29)28-20-13-18(15-27-23(20)31)17-6-10-26-21(14-17)24-3/h4-6,10,13-16,19,25,28H,7-9,11-12H2,1-3H3,(H,24,26)(H,27,31)/b5-4+. The number of aromatic amines is 1. The van der Waals surface area contributed by atoms with Crippen molar-refractivity contribution in [2.75, 3.05) is 37.3 Å². The average Bonchev–Trinajstić information content (AvgIpc) is 2.78. The Morgan fingerprint density at radius 3 is 2.77 bits per heavy atom. The van der Waals surface area contributed by atoms with E-state index in [-0.39, 0.29) is 17.5 Å². The third-order valence-corrected chi connectivity index (χ3v) is 5.32. The Hall–Kier alpha value is -3.13. The predicted molar refractivity (Wildman–Crippen MR) is 125 cm³/mol. The Bertz CT molecular complexity index is 961. The number of piperidine rings is 1. The Morgan fingerprint density at radius 2 is 2.06 bits per heavy atom. The fourth-order valence-electron chi connectivity index (χ4n) is 3.54. The van der Waals surface area contributed by atoms with Gasteiger partial charge in [0.25, 0.3) is 5.56 Å². The number of H-pyrrole nitrogens is 1. The first kappa shape index (κ1) is 22.6. The molecule has 8 nitrogen and oxygen atoms in total. The second-order valence-corrected chi connectivity index (χ2v) is 8.02. The van der Waals surface area contributed by atoms with Crippen molar-refractivity contribution in [1.29, 1.82) is 0 Å². The van der Waals surface area contributed by atoms with Gasteiger partial charge in [-0.05, 0) is 36.6 Å². The third kappa shape index (κ3) is 6.42. The average molecular weight is 425 g/mol. The molecule has 3 rings (SSSR count). The van der Waals surface area contributed by atoms with Gasteiger partial charge in [0.05, 0.1) is 0 Å². The molecule has 2 aromatic rings. The van der Waals surface area contributed by atoms with E-state index in [0.717, 1.165) is 29.8 Å². The highest BCUT2D eigenvalue weighted by molar-refractivity contribution is 5.87. The number of carbonyl (C=O) groups excluding carboxylic acids is 1. The Kier molecular flexibility index (Phi) is 7.83. The van der Waals surface area contributed by atoms with Gasteiger partial charge in [0.15, 0.2) is 0 Å². The molecule has 0 saturated carbocycles. The van der Waals surface area contributed by atoms with Gasteiger partial charge in [-0.2, -0.15) is 0 Å². The molecule has 1 amide bonds. The van der Waals surface area contributed by atoms with Crippen molar-refractivity contribution >= 4 is 17.4 Å². The van der Waals surface area contributed by atoms with Crippen LogP contribution in [0.4, 0.5) is 11.5 Å². The number of aromatic nitrogens is 2. The first-order chi connectivity index (χ1) is 15.0. The van der Waals surface area contributed by atoms with Gasteiger partial charge >= 0.3 is 0 Å². The summed E-state index contributed by atoms with van der Waals surface area (Å²) >= 11 is 0. The van der Waals surface area contributed by atoms with Crippen LogP contribution in [0.5, 0.6) is 0 Å². The maximum absolute atomic E-state index is 12.3. The van der Waals surface area contributed by atoms with E-state index >= 15 is 0 Å². The molecular formula is C23H32N6O2. The molecule has 0 spiro atoms. The molecule has 0 unspecified atom stereocenters. The highest BCUT2D eigenvalue weighted by Gasteiger charge is 2.22. The molecular weight excluding hydrogens is 392 g/mol. The molecule has 0 aromatic carbocycles. The van der Waals surface area contributed by atoms with Gasteiger partial charge in [0, 0.05) is 62.8 Å². The van der Waals surface area contributed by atoms with Crippen LogP contribution in [-0.4, -0.2) is 59.5 Å². The second-order valence-electron chi connectivity index (χ2n) is 8.02. The number of hydrogen-bond acceptors (Lipinski definition) is 6. The normalized spacial score (nSPS) is 14.9. The monoisotopic (exact) mass is 424 g/mol. The number of likely N-dealkylation sites (tertiary alicyclic amines) is 1. The molecule has 0 atom stereocenters. The van der Waals surface area contributed by atoms with Gasteiger partial charge in [-0.1, -0.05) is 19.9 Å². The summed E-state index contributed by atoms with van der Waals surface area (Å²) in [6, 6.07) is 6.26. The summed E-state index contributed by atoms with van der Waals surface area (Å²) in [7, 11) is 1.82. The molecule has 0 aliphatic carbocycles. The first-order valence-electron chi connectivity index (χ1n) is 10.8. The lowest BCUT2D eigenvalue weighted by molar-refractivity contribution is -0.126. The minimum Gasteiger partial charge on any atom is -0.378 e. The summed E-state index contributed by atoms with van der Waals surface area (Å²) in [6.07, 6.45) is 8.56. The van der Waals surface area contributed by atoms with E-state index in [1.807, 2.05) is 36.2 Å². The summed E-state index contributed by atoms with van der Waals surface area (Å²) in [5.74, 6) is 0.811. The highest BCUT2D eigenvalue weighted by Crippen LogP contribution is 2.23. The number of nitrogens with zero attached hydrogens (tertiary/aromatic N) is 2. The summed E-state index contributed by atoms with van der Waals surface area (Å²) in [5.41, 5.74) is 2.28. The molecule has 1 saturated heterocycles. The molecule has 1 aliphatic rings. The number of rotatable bonds is 8. The fourth-order valence-corrected chi connectivity index (χ4v) is 3.54. The highest BCUT2D eigenvalue weighted by atomic mass is 16.2. The second kappa shape index (κ2) is 10.8. The number of pyridine rings is 2. The molecule has 0 bridgehead atoms. The Labute approximate surface area is 183 Å². The van der Waals surface area contributed by atoms with E-state index in [0.29, 0.717) is 31.4 Å². The van der Waals surface area contributed by atoms with E-state index in [1.165, 1.54) is 0 Å². The van der Waals surface area contributed by atoms with Gasteiger partial charge in [-0.25, -0.2) is 4.98 Å². The van der Waals surface area contributed by atoms with E-state index in [2.05, 4.69) is 39.8 Å². The summed E-state index contributed by atoms with van der Waals surface area (Å²) in [5, 5.41) is 9.65. The lowest BCUT2D eigenvalue weighted by atomic mass is 10.0. The molecule has 31 heavy (non-hydrogen) atoms. The van der Waals surface area contributed by atoms with Crippen LogP contribution in [-0.2, 0) is 4.79 Å². The van der Waals surface area contributed by atoms with Gasteiger partial charge < -0.3 is 25.8 Å². The lowest BCUT2D eigenvalue weighted by Gasteiger charge is -2.32. The van der Waals surface area contributed by atoms with Crippen molar-refractivity contribution in [3.8, 4) is 11.1 Å². The van der Waals surface area contributed by atoms with Crippen LogP contribution in [0, 0.1) is 0 Å². The number of amides is 1. The number of hydrogen-bond donors (Lipinski definition) is 4. The van der Waals surface area contributed by atoms with Crippen LogP contribution < -0.4 is 21.5 Å². The summed E-state index contributed by atoms with van der Waals surface area (Å²) < 4.78 is 0. The molecule has 8 heteroatoms. The first-order valence-corrected chi connectivity index (χ1v) is 10.8. The van der Waals surface area contributed by atoms with E-state index in [4.69, 9.17) is 0 Å². The maximum atomic E-state index is 12.3. The van der Waals surface area contributed by atoms with Crippen LogP contribution in [0.3, 0.4) is 0 Å². The minimum atomic E-state index is -0.147. The minimum absolute atomic E-state index is 0.0434. The van der Waals surface area contributed by atoms with Crippen molar-refractivity contribution in [1.82, 2.24) is 20.2 Å². The maximum Gasteiger partial charge on any atom is 0.271 e. The van der Waals surface area contributed by atoms with E-state index < -0.39 is 0 Å². The topological polar surface area (TPSA) is 102 Å². The zero-order valence-electron chi connectivity index (χ0n) is 18.4. The zero-order chi connectivity index (χ0) is 22.2. The van der Waals surface area contributed by atoms with E-state index in [1.54, 1.807) is 18.5 Å². The van der Waals surface area contributed by atoms with Crippen molar-refractivity contribution in [3.05, 3.63) is 53.1 Å². The van der Waals surface area contributed by atoms with Crippen LogP contribution in [0.1, 0.15) is 26.7 Å².